The summed E-state index contributed by atoms with van der Waals surface area (Å²) in [6.45, 7) is 17.4. The van der Waals surface area contributed by atoms with Crippen LogP contribution in [0, 0.1) is 28.7 Å². The summed E-state index contributed by atoms with van der Waals surface area (Å²) in [6, 6.07) is 23.3. The van der Waals surface area contributed by atoms with E-state index in [1.807, 2.05) is 12.1 Å². The van der Waals surface area contributed by atoms with Gasteiger partial charge in [-0.1, -0.05) is 113 Å². The van der Waals surface area contributed by atoms with E-state index in [0.717, 1.165) is 61.6 Å². The maximum Gasteiger partial charge on any atom is 0.141 e. The molecule has 1 heterocycles. The number of aryl methyl sites for hydroxylation is 3. The van der Waals surface area contributed by atoms with Crippen molar-refractivity contribution in [2.75, 3.05) is 0 Å². The smallest absolute Gasteiger partial charge is 0.141 e. The number of benzene rings is 4. The van der Waals surface area contributed by atoms with Crippen LogP contribution in [-0.4, -0.2) is 14.7 Å². The average Bonchev–Trinajstić information content (AvgIpc) is 3.25. The van der Waals surface area contributed by atoms with E-state index >= 15 is 0 Å². The summed E-state index contributed by atoms with van der Waals surface area (Å²) < 4.78 is 2.16. The van der Waals surface area contributed by atoms with Crippen molar-refractivity contribution in [3.05, 3.63) is 115 Å². The molecule has 4 aromatic carbocycles. The maximum absolute atomic E-state index is 11.4. The minimum atomic E-state index is 0. The Bertz CT molecular complexity index is 1720. The molecule has 4 nitrogen and oxygen atoms in total. The molecule has 5 heteroatoms. The fourth-order valence-electron chi connectivity index (χ4n) is 5.86. The van der Waals surface area contributed by atoms with E-state index in [4.69, 9.17) is 10.3 Å². The maximum atomic E-state index is 11.4. The number of phenolic OH excluding ortho intramolecular Hbond substituents is 1. The van der Waals surface area contributed by atoms with Crippen LogP contribution in [0.5, 0.6) is 5.75 Å². The fourth-order valence-corrected chi connectivity index (χ4v) is 5.86. The third kappa shape index (κ3) is 6.88. The van der Waals surface area contributed by atoms with Gasteiger partial charge in [0.2, 0.25) is 0 Å². The number of aromatic hydroxyl groups is 1. The topological polar surface area (TPSA) is 52.2 Å². The number of hydrogen-bond donors (Lipinski definition) is 1. The predicted molar refractivity (Wildman–Crippen MR) is 187 cm³/mol. The summed E-state index contributed by atoms with van der Waals surface area (Å²) in [5, 5.41) is 16.7. The Kier molecular flexibility index (Phi) is 12.4. The normalized spacial score (nSPS) is 11.0. The minimum Gasteiger partial charge on any atom is -0.656 e. The Morgan fingerprint density at radius 2 is 1.23 bits per heavy atom. The van der Waals surface area contributed by atoms with Crippen LogP contribution in [0.1, 0.15) is 87.1 Å². The van der Waals surface area contributed by atoms with Gasteiger partial charge >= 0.3 is 0 Å². The van der Waals surface area contributed by atoms with Gasteiger partial charge in [0.15, 0.2) is 0 Å². The zero-order chi connectivity index (χ0) is 29.6. The molecule has 1 aromatic heterocycles. The molecule has 0 aliphatic heterocycles. The van der Waals surface area contributed by atoms with Crippen molar-refractivity contribution in [3.63, 3.8) is 0 Å². The quantitative estimate of drug-likeness (QED) is 0.133. The first-order chi connectivity index (χ1) is 19.5. The molecule has 0 aliphatic carbocycles. The van der Waals surface area contributed by atoms with Crippen molar-refractivity contribution in [2.45, 2.75) is 73.1 Å². The fraction of sp³-hybridized carbons (Fsp3) is 0.308. The van der Waals surface area contributed by atoms with Crippen molar-refractivity contribution in [1.82, 2.24) is 9.55 Å². The molecule has 0 atom stereocenters. The Labute approximate surface area is 284 Å². The zero-order valence-electron chi connectivity index (χ0n) is 28.4. The van der Waals surface area contributed by atoms with Crippen LogP contribution < -0.4 is 0 Å². The van der Waals surface area contributed by atoms with Crippen molar-refractivity contribution < 1.29 is 30.9 Å². The largest absolute Gasteiger partial charge is 0.656 e. The molecular formula is C39H48HfN3O-3. The van der Waals surface area contributed by atoms with Crippen molar-refractivity contribution in [3.8, 4) is 28.3 Å². The molecule has 0 fully saturated rings. The molecule has 0 unspecified atom stereocenters. The molecule has 5 aromatic rings. The minimum absolute atomic E-state index is 0. The van der Waals surface area contributed by atoms with Gasteiger partial charge in [0.05, 0.1) is 11.0 Å². The van der Waals surface area contributed by atoms with Gasteiger partial charge in [0.1, 0.15) is 11.6 Å². The number of rotatable bonds is 7. The molecule has 0 saturated heterocycles. The van der Waals surface area contributed by atoms with Gasteiger partial charge in [-0.25, -0.2) is 4.98 Å². The van der Waals surface area contributed by atoms with Gasteiger partial charge in [-0.2, -0.15) is 0 Å². The Morgan fingerprint density at radius 1 is 0.682 bits per heavy atom. The van der Waals surface area contributed by atoms with Crippen LogP contribution >= 0.6 is 0 Å². The van der Waals surface area contributed by atoms with Gasteiger partial charge in [-0.05, 0) is 60.4 Å². The number of hydrogen-bond acceptors (Lipinski definition) is 2. The average molecular weight is 753 g/mol. The summed E-state index contributed by atoms with van der Waals surface area (Å²) in [7, 11) is 2.07. The first-order valence-corrected chi connectivity index (χ1v) is 14.7. The summed E-state index contributed by atoms with van der Waals surface area (Å²) in [6.07, 6.45) is 0. The molecule has 0 saturated carbocycles. The van der Waals surface area contributed by atoms with E-state index in [1.165, 1.54) is 11.1 Å². The van der Waals surface area contributed by atoms with Crippen molar-refractivity contribution >= 4 is 22.4 Å². The molecule has 0 spiro atoms. The standard InChI is InChI=1S/C37H42N3O.2CH3.Hf/c1-21(2)26-15-12-16-27(22(3)4)34(26)38-32-19-25(8)20-33-35(32)39-37(40(33)9)29-14-11-10-13-28(29)31-18-24(7)17-30(23(5)6)36(31)41;;;/h10-23H,1-9H3,(H,39,41);2*1H3;/q3*-1;. The molecular weight excluding hydrogens is 705 g/mol. The summed E-state index contributed by atoms with van der Waals surface area (Å²) in [4.78, 5) is 5.25. The van der Waals surface area contributed by atoms with Crippen molar-refractivity contribution in [1.29, 1.82) is 0 Å². The van der Waals surface area contributed by atoms with Gasteiger partial charge in [0, 0.05) is 44.0 Å². The number of para-hydroxylation sites is 1. The van der Waals surface area contributed by atoms with Crippen LogP contribution in [-0.2, 0) is 32.9 Å². The molecule has 0 amide bonds. The Balaban J connectivity index is 0.00000225. The van der Waals surface area contributed by atoms with Gasteiger partial charge in [-0.3, -0.25) is 0 Å². The summed E-state index contributed by atoms with van der Waals surface area (Å²) in [5.41, 5.74) is 12.4. The second-order valence-electron chi connectivity index (χ2n) is 12.3. The molecule has 1 N–H and O–H groups in total. The monoisotopic (exact) mass is 754 g/mol. The van der Waals surface area contributed by atoms with Gasteiger partial charge < -0.3 is 29.8 Å². The third-order valence-corrected chi connectivity index (χ3v) is 8.05. The van der Waals surface area contributed by atoms with E-state index in [9.17, 15) is 5.11 Å². The van der Waals surface area contributed by atoms with Gasteiger partial charge in [0.25, 0.3) is 0 Å². The zero-order valence-corrected chi connectivity index (χ0v) is 32.0. The molecule has 232 valence electrons. The van der Waals surface area contributed by atoms with Crippen LogP contribution in [0.25, 0.3) is 38.9 Å². The molecule has 0 radical (unpaired) electrons. The Morgan fingerprint density at radius 3 is 1.80 bits per heavy atom. The molecule has 0 aliphatic rings. The molecule has 0 bridgehead atoms. The number of fused-ring (bicyclic) bond motifs is 1. The van der Waals surface area contributed by atoms with E-state index in [1.54, 1.807) is 0 Å². The number of nitrogens with zero attached hydrogens (tertiary/aromatic N) is 3. The van der Waals surface area contributed by atoms with Gasteiger partial charge in [-0.15, -0.1) is 11.4 Å². The van der Waals surface area contributed by atoms with Crippen LogP contribution in [0.2, 0.25) is 0 Å². The second-order valence-corrected chi connectivity index (χ2v) is 12.3. The van der Waals surface area contributed by atoms with E-state index < -0.39 is 0 Å². The number of phenols is 1. The SMILES string of the molecule is Cc1cc(-c2ccccc2-c2nc3c([N-]c4c(C(C)C)cccc4C(C)C)cc(C)cc3n2C)c(O)c(C(C)C)c1.[CH3-].[CH3-].[Hf]. The van der Waals surface area contributed by atoms with E-state index in [0.29, 0.717) is 17.6 Å². The summed E-state index contributed by atoms with van der Waals surface area (Å²) in [5.74, 6) is 2.13. The van der Waals surface area contributed by atoms with E-state index in [2.05, 4.69) is 122 Å². The third-order valence-electron chi connectivity index (χ3n) is 8.05. The molecule has 44 heavy (non-hydrogen) atoms. The first-order valence-electron chi connectivity index (χ1n) is 14.7. The molecule has 5 rings (SSSR count). The number of aromatic nitrogens is 2. The first kappa shape index (κ1) is 37.0. The van der Waals surface area contributed by atoms with Crippen molar-refractivity contribution in [2.24, 2.45) is 7.05 Å². The van der Waals surface area contributed by atoms with Crippen LogP contribution in [0.4, 0.5) is 11.4 Å². The van der Waals surface area contributed by atoms with Crippen LogP contribution in [0.3, 0.4) is 0 Å². The van der Waals surface area contributed by atoms with E-state index in [-0.39, 0.29) is 46.6 Å². The second kappa shape index (κ2) is 14.7. The predicted octanol–water partition coefficient (Wildman–Crippen LogP) is 11.8. The number of imidazole rings is 1. The summed E-state index contributed by atoms with van der Waals surface area (Å²) >= 11 is 0. The van der Waals surface area contributed by atoms with Crippen LogP contribution in [0.15, 0.2) is 66.7 Å². The Hall–Kier alpha value is -3.18.